The van der Waals surface area contributed by atoms with Gasteiger partial charge in [0.2, 0.25) is 0 Å². The van der Waals surface area contributed by atoms with E-state index in [1.165, 1.54) is 22.3 Å². The minimum atomic E-state index is 0.471. The molecule has 2 aromatic rings. The van der Waals surface area contributed by atoms with Gasteiger partial charge in [0.15, 0.2) is 0 Å². The summed E-state index contributed by atoms with van der Waals surface area (Å²) in [4.78, 5) is 0. The fourth-order valence-corrected chi connectivity index (χ4v) is 2.79. The third-order valence-electron chi connectivity index (χ3n) is 4.02. The highest BCUT2D eigenvalue weighted by atomic mass is 15.0. The zero-order chi connectivity index (χ0) is 14.5. The van der Waals surface area contributed by atoms with Crippen LogP contribution in [0.25, 0.3) is 0 Å². The van der Waals surface area contributed by atoms with Crippen molar-refractivity contribution in [3.05, 3.63) is 58.9 Å². The van der Waals surface area contributed by atoms with Gasteiger partial charge in [-0.2, -0.15) is 0 Å². The maximum absolute atomic E-state index is 3.54. The van der Waals surface area contributed by atoms with E-state index in [4.69, 9.17) is 0 Å². The van der Waals surface area contributed by atoms with Gasteiger partial charge in [0, 0.05) is 25.0 Å². The number of rotatable bonds is 6. The molecule has 0 aliphatic carbocycles. The summed E-state index contributed by atoms with van der Waals surface area (Å²) in [5.41, 5.74) is 5.57. The number of hydrogen-bond donors (Lipinski definition) is 1. The molecule has 1 heterocycles. The average Bonchev–Trinajstić information content (AvgIpc) is 2.89. The van der Waals surface area contributed by atoms with E-state index in [1.54, 1.807) is 0 Å². The Morgan fingerprint density at radius 2 is 1.80 bits per heavy atom. The lowest BCUT2D eigenvalue weighted by atomic mass is 10.0. The summed E-state index contributed by atoms with van der Waals surface area (Å²) in [7, 11) is 0. The first kappa shape index (κ1) is 14.9. The Morgan fingerprint density at radius 1 is 1.10 bits per heavy atom. The Hall–Kier alpha value is -1.54. The van der Waals surface area contributed by atoms with Gasteiger partial charge in [-0.05, 0) is 55.1 Å². The highest BCUT2D eigenvalue weighted by Gasteiger charge is 2.10. The predicted octanol–water partition coefficient (Wildman–Crippen LogP) is 4.21. The highest BCUT2D eigenvalue weighted by molar-refractivity contribution is 5.34. The van der Waals surface area contributed by atoms with E-state index in [-0.39, 0.29) is 0 Å². The number of benzene rings is 1. The zero-order valence-electron chi connectivity index (χ0n) is 13.1. The first-order valence-electron chi connectivity index (χ1n) is 7.59. The van der Waals surface area contributed by atoms with Crippen LogP contribution in [-0.2, 0) is 6.54 Å². The lowest BCUT2D eigenvalue weighted by molar-refractivity contribution is 0.536. The third-order valence-corrected chi connectivity index (χ3v) is 4.02. The Morgan fingerprint density at radius 3 is 2.40 bits per heavy atom. The monoisotopic (exact) mass is 270 g/mol. The molecule has 0 radical (unpaired) electrons. The van der Waals surface area contributed by atoms with Crippen molar-refractivity contribution < 1.29 is 0 Å². The molecule has 20 heavy (non-hydrogen) atoms. The summed E-state index contributed by atoms with van der Waals surface area (Å²) < 4.78 is 2.30. The summed E-state index contributed by atoms with van der Waals surface area (Å²) in [6.07, 6.45) is 5.60. The van der Waals surface area contributed by atoms with E-state index >= 15 is 0 Å². The van der Waals surface area contributed by atoms with Gasteiger partial charge < -0.3 is 9.88 Å². The van der Waals surface area contributed by atoms with E-state index in [2.05, 4.69) is 74.2 Å². The highest BCUT2D eigenvalue weighted by Crippen LogP contribution is 2.19. The molecule has 2 heteroatoms. The molecule has 0 saturated heterocycles. The molecule has 1 atom stereocenters. The third kappa shape index (κ3) is 3.31. The fourth-order valence-electron chi connectivity index (χ4n) is 2.79. The second-order valence-electron chi connectivity index (χ2n) is 5.51. The lowest BCUT2D eigenvalue weighted by Gasteiger charge is -2.14. The van der Waals surface area contributed by atoms with Crippen LogP contribution in [0, 0.1) is 13.8 Å². The number of nitrogens with zero attached hydrogens (tertiary/aromatic N) is 1. The Kier molecular flexibility index (Phi) is 5.02. The number of nitrogens with one attached hydrogen (secondary N) is 1. The first-order chi connectivity index (χ1) is 9.65. The molecule has 1 N–H and O–H groups in total. The summed E-state index contributed by atoms with van der Waals surface area (Å²) >= 11 is 0. The van der Waals surface area contributed by atoms with Crippen molar-refractivity contribution in [1.29, 1.82) is 0 Å². The zero-order valence-corrected chi connectivity index (χ0v) is 13.1. The van der Waals surface area contributed by atoms with Crippen molar-refractivity contribution in [2.45, 2.75) is 46.7 Å². The molecule has 0 aliphatic rings. The topological polar surface area (TPSA) is 17.0 Å². The molecule has 0 spiro atoms. The number of hydrogen-bond acceptors (Lipinski definition) is 1. The van der Waals surface area contributed by atoms with Crippen LogP contribution in [-0.4, -0.2) is 11.1 Å². The molecule has 0 bridgehead atoms. The first-order valence-corrected chi connectivity index (χ1v) is 7.59. The van der Waals surface area contributed by atoms with E-state index in [0.717, 1.165) is 19.5 Å². The smallest absolute Gasteiger partial charge is 0.0475 e. The summed E-state index contributed by atoms with van der Waals surface area (Å²) in [5, 5.41) is 3.54. The number of aryl methyl sites for hydroxylation is 2. The van der Waals surface area contributed by atoms with Gasteiger partial charge in [-0.3, -0.25) is 0 Å². The summed E-state index contributed by atoms with van der Waals surface area (Å²) in [5.74, 6) is 0. The van der Waals surface area contributed by atoms with Gasteiger partial charge >= 0.3 is 0 Å². The van der Waals surface area contributed by atoms with Gasteiger partial charge in [-0.25, -0.2) is 0 Å². The second kappa shape index (κ2) is 6.76. The van der Waals surface area contributed by atoms with Gasteiger partial charge in [0.25, 0.3) is 0 Å². The van der Waals surface area contributed by atoms with Crippen LogP contribution in [0.3, 0.4) is 0 Å². The van der Waals surface area contributed by atoms with Crippen molar-refractivity contribution >= 4 is 0 Å². The standard InChI is InChI=1S/C18H26N2/c1-5-18(19-6-2)16-10-11-20(12-16)13-17-14(3)8-7-9-15(17)4/h7-12,18-19H,5-6,13H2,1-4H3. The van der Waals surface area contributed by atoms with Gasteiger partial charge in [-0.15, -0.1) is 0 Å². The second-order valence-corrected chi connectivity index (χ2v) is 5.51. The Balaban J connectivity index is 2.17. The fraction of sp³-hybridized carbons (Fsp3) is 0.444. The lowest BCUT2D eigenvalue weighted by Crippen LogP contribution is -2.19. The molecular formula is C18H26N2. The van der Waals surface area contributed by atoms with Crippen LogP contribution in [0.4, 0.5) is 0 Å². The van der Waals surface area contributed by atoms with Gasteiger partial charge in [0.05, 0.1) is 0 Å². The SMILES string of the molecule is CCNC(CC)c1ccn(Cc2c(C)cccc2C)c1. The predicted molar refractivity (Wildman–Crippen MR) is 86.2 cm³/mol. The molecule has 0 aliphatic heterocycles. The Bertz CT molecular complexity index is 534. The molecule has 2 nitrogen and oxygen atoms in total. The Labute approximate surface area is 122 Å². The molecule has 0 amide bonds. The minimum absolute atomic E-state index is 0.471. The van der Waals surface area contributed by atoms with Crippen molar-refractivity contribution in [2.75, 3.05) is 6.54 Å². The molecule has 1 unspecified atom stereocenters. The van der Waals surface area contributed by atoms with Crippen molar-refractivity contribution in [3.8, 4) is 0 Å². The van der Waals surface area contributed by atoms with Gasteiger partial charge in [-0.1, -0.05) is 32.0 Å². The maximum atomic E-state index is 3.54. The average molecular weight is 270 g/mol. The molecule has 0 fully saturated rings. The van der Waals surface area contributed by atoms with Crippen molar-refractivity contribution in [2.24, 2.45) is 0 Å². The van der Waals surface area contributed by atoms with Crippen LogP contribution >= 0.6 is 0 Å². The number of aromatic nitrogens is 1. The summed E-state index contributed by atoms with van der Waals surface area (Å²) in [6.45, 7) is 10.8. The molecule has 1 aromatic carbocycles. The van der Waals surface area contributed by atoms with E-state index in [1.807, 2.05) is 0 Å². The van der Waals surface area contributed by atoms with Crippen molar-refractivity contribution in [3.63, 3.8) is 0 Å². The van der Waals surface area contributed by atoms with Gasteiger partial charge in [0.1, 0.15) is 0 Å². The largest absolute Gasteiger partial charge is 0.350 e. The van der Waals surface area contributed by atoms with E-state index < -0.39 is 0 Å². The van der Waals surface area contributed by atoms with Crippen LogP contribution in [0.2, 0.25) is 0 Å². The van der Waals surface area contributed by atoms with Crippen LogP contribution in [0.1, 0.15) is 48.6 Å². The molecular weight excluding hydrogens is 244 g/mol. The quantitative estimate of drug-likeness (QED) is 0.832. The van der Waals surface area contributed by atoms with Crippen LogP contribution in [0.5, 0.6) is 0 Å². The normalized spacial score (nSPS) is 12.6. The van der Waals surface area contributed by atoms with E-state index in [0.29, 0.717) is 6.04 Å². The van der Waals surface area contributed by atoms with E-state index in [9.17, 15) is 0 Å². The van der Waals surface area contributed by atoms with Crippen LogP contribution in [0.15, 0.2) is 36.7 Å². The molecule has 1 aromatic heterocycles. The van der Waals surface area contributed by atoms with Crippen LogP contribution < -0.4 is 5.32 Å². The van der Waals surface area contributed by atoms with Crippen molar-refractivity contribution in [1.82, 2.24) is 9.88 Å². The maximum Gasteiger partial charge on any atom is 0.0475 e. The minimum Gasteiger partial charge on any atom is -0.350 e. The molecule has 108 valence electrons. The molecule has 0 saturated carbocycles. The summed E-state index contributed by atoms with van der Waals surface area (Å²) in [6, 6.07) is 9.23. The molecule has 2 rings (SSSR count).